The molecular weight excluding hydrogens is 409 g/mol. The molecule has 0 aliphatic heterocycles. The van der Waals surface area contributed by atoms with Crippen molar-refractivity contribution in [3.05, 3.63) is 62.7 Å². The fraction of sp³-hybridized carbons (Fsp3) is 0.176. The van der Waals surface area contributed by atoms with Gasteiger partial charge in [-0.15, -0.1) is 0 Å². The van der Waals surface area contributed by atoms with Gasteiger partial charge in [-0.2, -0.15) is 0 Å². The first-order valence-corrected chi connectivity index (χ1v) is 7.92. The number of nitrogens with one attached hydrogen (secondary N) is 1. The molecule has 0 radical (unpaired) electrons. The van der Waals surface area contributed by atoms with Crippen LogP contribution >= 0.6 is 22.6 Å². The van der Waals surface area contributed by atoms with Gasteiger partial charge in [-0.25, -0.2) is 4.79 Å². The van der Waals surface area contributed by atoms with Gasteiger partial charge in [-0.1, -0.05) is 18.2 Å². The summed E-state index contributed by atoms with van der Waals surface area (Å²) in [5.41, 5.74) is 1.73. The van der Waals surface area contributed by atoms with E-state index in [9.17, 15) is 9.59 Å². The zero-order valence-corrected chi connectivity index (χ0v) is 14.9. The molecule has 1 N–H and O–H groups in total. The Kier molecular flexibility index (Phi) is 5.97. The second-order valence-electron chi connectivity index (χ2n) is 4.69. The minimum absolute atomic E-state index is 0.162. The number of esters is 1. The number of carbonyl (C=O) groups excluding carboxylic acids is 2. The molecule has 5 nitrogen and oxygen atoms in total. The van der Waals surface area contributed by atoms with Gasteiger partial charge in [-0.05, 0) is 52.4 Å². The molecular formula is C17H16INO4. The molecule has 2 aromatic rings. The van der Waals surface area contributed by atoms with Crippen molar-refractivity contribution in [3.63, 3.8) is 0 Å². The van der Waals surface area contributed by atoms with Crippen LogP contribution in [0.15, 0.2) is 42.5 Å². The molecule has 0 saturated carbocycles. The second-order valence-corrected chi connectivity index (χ2v) is 5.85. The lowest BCUT2D eigenvalue weighted by molar-refractivity contribution is 0.0597. The number of benzene rings is 2. The van der Waals surface area contributed by atoms with Gasteiger partial charge in [0.05, 0.1) is 19.8 Å². The van der Waals surface area contributed by atoms with Crippen molar-refractivity contribution < 1.29 is 19.1 Å². The zero-order valence-electron chi connectivity index (χ0n) is 12.8. The van der Waals surface area contributed by atoms with Gasteiger partial charge in [0.25, 0.3) is 5.91 Å². The van der Waals surface area contributed by atoms with Crippen LogP contribution in [-0.2, 0) is 11.3 Å². The van der Waals surface area contributed by atoms with Gasteiger partial charge < -0.3 is 14.8 Å². The van der Waals surface area contributed by atoms with Crippen molar-refractivity contribution in [2.45, 2.75) is 6.54 Å². The number of amides is 1. The maximum absolute atomic E-state index is 12.2. The summed E-state index contributed by atoms with van der Waals surface area (Å²) in [6.07, 6.45) is 0. The topological polar surface area (TPSA) is 64.6 Å². The van der Waals surface area contributed by atoms with Crippen LogP contribution in [0.5, 0.6) is 5.75 Å². The van der Waals surface area contributed by atoms with Gasteiger partial charge in [0, 0.05) is 10.1 Å². The lowest BCUT2D eigenvalue weighted by atomic mass is 10.1. The third kappa shape index (κ3) is 4.22. The Hall–Kier alpha value is -2.09. The van der Waals surface area contributed by atoms with Crippen molar-refractivity contribution in [2.75, 3.05) is 14.2 Å². The highest BCUT2D eigenvalue weighted by Crippen LogP contribution is 2.21. The van der Waals surface area contributed by atoms with Crippen molar-refractivity contribution in [3.8, 4) is 5.75 Å². The molecule has 2 rings (SSSR count). The van der Waals surface area contributed by atoms with Crippen LogP contribution in [-0.4, -0.2) is 26.1 Å². The van der Waals surface area contributed by atoms with Crippen LogP contribution in [0.2, 0.25) is 0 Å². The minimum Gasteiger partial charge on any atom is -0.496 e. The van der Waals surface area contributed by atoms with E-state index < -0.39 is 5.97 Å². The summed E-state index contributed by atoms with van der Waals surface area (Å²) in [6.45, 7) is 0.303. The highest BCUT2D eigenvalue weighted by Gasteiger charge is 2.14. The van der Waals surface area contributed by atoms with E-state index in [0.717, 1.165) is 9.13 Å². The average molecular weight is 425 g/mol. The largest absolute Gasteiger partial charge is 0.496 e. The van der Waals surface area contributed by atoms with Gasteiger partial charge >= 0.3 is 5.97 Å². The SMILES string of the molecule is COC(=O)c1cc(CNC(=O)c2ccccc2I)ccc1OC. The third-order valence-electron chi connectivity index (χ3n) is 3.24. The van der Waals surface area contributed by atoms with Crippen LogP contribution < -0.4 is 10.1 Å². The Balaban J connectivity index is 2.13. The summed E-state index contributed by atoms with van der Waals surface area (Å²) in [4.78, 5) is 24.0. The van der Waals surface area contributed by atoms with Crippen molar-refractivity contribution in [2.24, 2.45) is 0 Å². The summed E-state index contributed by atoms with van der Waals surface area (Å²) in [5.74, 6) is -0.206. The summed E-state index contributed by atoms with van der Waals surface area (Å²) in [6, 6.07) is 12.5. The second kappa shape index (κ2) is 7.96. The van der Waals surface area contributed by atoms with Crippen molar-refractivity contribution >= 4 is 34.5 Å². The lowest BCUT2D eigenvalue weighted by Crippen LogP contribution is -2.23. The molecule has 0 saturated heterocycles. The smallest absolute Gasteiger partial charge is 0.341 e. The Morgan fingerprint density at radius 1 is 1.09 bits per heavy atom. The first-order chi connectivity index (χ1) is 11.1. The number of carbonyl (C=O) groups is 2. The Morgan fingerprint density at radius 3 is 2.48 bits per heavy atom. The van der Waals surface area contributed by atoms with Gasteiger partial charge in [-0.3, -0.25) is 4.79 Å². The van der Waals surface area contributed by atoms with Gasteiger partial charge in [0.15, 0.2) is 0 Å². The molecule has 0 aromatic heterocycles. The van der Waals surface area contributed by atoms with Crippen LogP contribution in [0.3, 0.4) is 0 Å². The van der Waals surface area contributed by atoms with E-state index in [-0.39, 0.29) is 5.91 Å². The first-order valence-electron chi connectivity index (χ1n) is 6.84. The van der Waals surface area contributed by atoms with Crippen molar-refractivity contribution in [1.29, 1.82) is 0 Å². The van der Waals surface area contributed by atoms with Crippen LogP contribution in [0.4, 0.5) is 0 Å². The normalized spacial score (nSPS) is 10.0. The van der Waals surface area contributed by atoms with Crippen LogP contribution in [0, 0.1) is 3.57 Å². The van der Waals surface area contributed by atoms with Crippen LogP contribution in [0.1, 0.15) is 26.3 Å². The van der Waals surface area contributed by atoms with Crippen LogP contribution in [0.25, 0.3) is 0 Å². The molecule has 1 amide bonds. The number of hydrogen-bond acceptors (Lipinski definition) is 4. The maximum Gasteiger partial charge on any atom is 0.341 e. The number of rotatable bonds is 5. The van der Waals surface area contributed by atoms with E-state index in [1.807, 2.05) is 18.2 Å². The molecule has 0 unspecified atom stereocenters. The summed E-state index contributed by atoms with van der Waals surface area (Å²) < 4.78 is 10.8. The predicted octanol–water partition coefficient (Wildman–Crippen LogP) is 3.02. The molecule has 0 aliphatic carbocycles. The fourth-order valence-corrected chi connectivity index (χ4v) is 2.69. The van der Waals surface area contributed by atoms with Gasteiger partial charge in [0.1, 0.15) is 11.3 Å². The third-order valence-corrected chi connectivity index (χ3v) is 4.18. The van der Waals surface area contributed by atoms with E-state index in [4.69, 9.17) is 9.47 Å². The van der Waals surface area contributed by atoms with Crippen molar-refractivity contribution in [1.82, 2.24) is 5.32 Å². The Bertz CT molecular complexity index is 730. The quantitative estimate of drug-likeness (QED) is 0.591. The number of halogens is 1. The first kappa shape index (κ1) is 17.3. The molecule has 0 fully saturated rings. The monoisotopic (exact) mass is 425 g/mol. The Labute approximate surface area is 148 Å². The van der Waals surface area contributed by atoms with E-state index in [1.165, 1.54) is 14.2 Å². The van der Waals surface area contributed by atoms with E-state index in [2.05, 4.69) is 27.9 Å². The maximum atomic E-state index is 12.2. The fourth-order valence-electron chi connectivity index (χ4n) is 2.06. The molecule has 0 heterocycles. The zero-order chi connectivity index (χ0) is 16.8. The summed E-state index contributed by atoms with van der Waals surface area (Å²) >= 11 is 2.12. The molecule has 2 aromatic carbocycles. The molecule has 0 spiro atoms. The average Bonchev–Trinajstić information content (AvgIpc) is 2.59. The molecule has 0 aliphatic rings. The van der Waals surface area contributed by atoms with E-state index >= 15 is 0 Å². The van der Waals surface area contributed by atoms with E-state index in [1.54, 1.807) is 24.3 Å². The number of ether oxygens (including phenoxy) is 2. The number of hydrogen-bond donors (Lipinski definition) is 1. The molecule has 0 bridgehead atoms. The number of methoxy groups -OCH3 is 2. The van der Waals surface area contributed by atoms with Gasteiger partial charge in [0.2, 0.25) is 0 Å². The predicted molar refractivity (Wildman–Crippen MR) is 94.7 cm³/mol. The minimum atomic E-state index is -0.479. The molecule has 120 valence electrons. The molecule has 23 heavy (non-hydrogen) atoms. The highest BCUT2D eigenvalue weighted by atomic mass is 127. The Morgan fingerprint density at radius 2 is 1.83 bits per heavy atom. The summed E-state index contributed by atoms with van der Waals surface area (Å²) in [5, 5.41) is 2.84. The van der Waals surface area contributed by atoms with E-state index in [0.29, 0.717) is 23.4 Å². The molecule has 0 atom stereocenters. The standard InChI is InChI=1S/C17H16INO4/c1-22-15-8-7-11(9-13(15)17(21)23-2)10-19-16(20)12-5-3-4-6-14(12)18/h3-9H,10H2,1-2H3,(H,19,20). The lowest BCUT2D eigenvalue weighted by Gasteiger charge is -2.10. The highest BCUT2D eigenvalue weighted by molar-refractivity contribution is 14.1. The summed E-state index contributed by atoms with van der Waals surface area (Å²) in [7, 11) is 2.80. The molecule has 6 heteroatoms.